The Bertz CT molecular complexity index is 341. The molecule has 13 heavy (non-hydrogen) atoms. The maximum Gasteiger partial charge on any atom is 0.177 e. The standard InChI is InChI=1S/C10H7ClNO/c1-2-7-13-12-8-9-5-3-4-6-10(9)11/h1,4-6,8H,7H2. The monoisotopic (exact) mass is 192 g/mol. The molecule has 65 valence electrons. The Morgan fingerprint density at radius 2 is 2.62 bits per heavy atom. The Balaban J connectivity index is 2.59. The first-order valence-electron chi connectivity index (χ1n) is 3.59. The van der Waals surface area contributed by atoms with Crippen LogP contribution in [0.3, 0.4) is 0 Å². The summed E-state index contributed by atoms with van der Waals surface area (Å²) in [6, 6.07) is 8.03. The summed E-state index contributed by atoms with van der Waals surface area (Å²) in [5.74, 6) is 2.29. The van der Waals surface area contributed by atoms with Gasteiger partial charge in [0.15, 0.2) is 6.61 Å². The third-order valence-electron chi connectivity index (χ3n) is 1.25. The Hall–Kier alpha value is -1.46. The van der Waals surface area contributed by atoms with Gasteiger partial charge in [-0.05, 0) is 18.2 Å². The third kappa shape index (κ3) is 3.18. The molecule has 0 amide bonds. The zero-order chi connectivity index (χ0) is 9.52. The molecule has 0 saturated carbocycles. The predicted octanol–water partition coefficient (Wildman–Crippen LogP) is 2.12. The van der Waals surface area contributed by atoms with Gasteiger partial charge in [-0.2, -0.15) is 0 Å². The van der Waals surface area contributed by atoms with E-state index in [0.717, 1.165) is 5.56 Å². The van der Waals surface area contributed by atoms with E-state index in [1.165, 1.54) is 6.21 Å². The summed E-state index contributed by atoms with van der Waals surface area (Å²) in [4.78, 5) is 4.70. The van der Waals surface area contributed by atoms with Crippen molar-refractivity contribution in [2.75, 3.05) is 6.61 Å². The minimum absolute atomic E-state index is 0.157. The van der Waals surface area contributed by atoms with Crippen LogP contribution in [0.1, 0.15) is 5.56 Å². The second-order valence-electron chi connectivity index (χ2n) is 2.16. The molecule has 0 N–H and O–H groups in total. The molecule has 0 aromatic heterocycles. The van der Waals surface area contributed by atoms with Gasteiger partial charge in [-0.1, -0.05) is 28.7 Å². The predicted molar refractivity (Wildman–Crippen MR) is 52.7 cm³/mol. The Morgan fingerprint density at radius 1 is 1.77 bits per heavy atom. The van der Waals surface area contributed by atoms with Gasteiger partial charge in [0, 0.05) is 10.6 Å². The molecule has 1 radical (unpaired) electrons. The van der Waals surface area contributed by atoms with Crippen LogP contribution in [0, 0.1) is 18.4 Å². The van der Waals surface area contributed by atoms with Crippen molar-refractivity contribution in [2.24, 2.45) is 5.16 Å². The maximum absolute atomic E-state index is 5.83. The molecule has 0 aliphatic heterocycles. The molecule has 3 heteroatoms. The van der Waals surface area contributed by atoms with Crippen LogP contribution in [0.2, 0.25) is 5.02 Å². The zero-order valence-electron chi connectivity index (χ0n) is 6.83. The van der Waals surface area contributed by atoms with Crippen molar-refractivity contribution in [1.82, 2.24) is 0 Å². The van der Waals surface area contributed by atoms with Gasteiger partial charge in [0.05, 0.1) is 6.21 Å². The maximum atomic E-state index is 5.83. The van der Waals surface area contributed by atoms with Gasteiger partial charge in [-0.15, -0.1) is 6.42 Å². The van der Waals surface area contributed by atoms with Gasteiger partial charge in [0.1, 0.15) is 0 Å². The molecule has 0 atom stereocenters. The molecule has 0 saturated heterocycles. The van der Waals surface area contributed by atoms with E-state index in [2.05, 4.69) is 17.1 Å². The van der Waals surface area contributed by atoms with Crippen molar-refractivity contribution < 1.29 is 4.84 Å². The number of oxime groups is 1. The van der Waals surface area contributed by atoms with Gasteiger partial charge in [-0.3, -0.25) is 0 Å². The summed E-state index contributed by atoms with van der Waals surface area (Å²) >= 11 is 5.83. The van der Waals surface area contributed by atoms with Gasteiger partial charge in [-0.25, -0.2) is 0 Å². The minimum Gasteiger partial charge on any atom is -0.383 e. The molecule has 1 rings (SSSR count). The van der Waals surface area contributed by atoms with Crippen LogP contribution in [0.5, 0.6) is 0 Å². The normalized spacial score (nSPS) is 9.85. The SMILES string of the molecule is C#CCON=Cc1c[c]ccc1Cl. The van der Waals surface area contributed by atoms with Gasteiger partial charge < -0.3 is 4.84 Å². The first kappa shape index (κ1) is 9.63. The van der Waals surface area contributed by atoms with Crippen LogP contribution < -0.4 is 0 Å². The second-order valence-corrected chi connectivity index (χ2v) is 2.57. The topological polar surface area (TPSA) is 21.6 Å². The largest absolute Gasteiger partial charge is 0.383 e. The summed E-state index contributed by atoms with van der Waals surface area (Å²) in [5.41, 5.74) is 0.751. The van der Waals surface area contributed by atoms with E-state index in [1.54, 1.807) is 18.2 Å². The lowest BCUT2D eigenvalue weighted by Crippen LogP contribution is -1.86. The molecule has 0 unspecified atom stereocenters. The molecule has 1 aromatic carbocycles. The number of terminal acetylenes is 1. The average molecular weight is 193 g/mol. The first-order valence-corrected chi connectivity index (χ1v) is 3.97. The summed E-state index contributed by atoms with van der Waals surface area (Å²) < 4.78 is 0. The molecule has 0 aliphatic carbocycles. The third-order valence-corrected chi connectivity index (χ3v) is 1.60. The molecule has 1 aromatic rings. The van der Waals surface area contributed by atoms with Crippen molar-refractivity contribution in [3.8, 4) is 12.3 Å². The van der Waals surface area contributed by atoms with Crippen LogP contribution in [-0.4, -0.2) is 12.8 Å². The van der Waals surface area contributed by atoms with Crippen LogP contribution in [0.25, 0.3) is 0 Å². The highest BCUT2D eigenvalue weighted by Gasteiger charge is 1.93. The van der Waals surface area contributed by atoms with Crippen molar-refractivity contribution in [3.05, 3.63) is 34.9 Å². The van der Waals surface area contributed by atoms with E-state index < -0.39 is 0 Å². The molecule has 0 aliphatic rings. The van der Waals surface area contributed by atoms with Gasteiger partial charge in [0.25, 0.3) is 0 Å². The average Bonchev–Trinajstić information content (AvgIpc) is 2.15. The van der Waals surface area contributed by atoms with Gasteiger partial charge >= 0.3 is 0 Å². The highest BCUT2D eigenvalue weighted by molar-refractivity contribution is 6.33. The smallest absolute Gasteiger partial charge is 0.177 e. The van der Waals surface area contributed by atoms with E-state index in [1.807, 2.05) is 0 Å². The fourth-order valence-corrected chi connectivity index (χ4v) is 0.858. The number of halogens is 1. The van der Waals surface area contributed by atoms with Crippen LogP contribution in [0.4, 0.5) is 0 Å². The van der Waals surface area contributed by atoms with E-state index in [0.29, 0.717) is 5.02 Å². The second kappa shape index (κ2) is 5.23. The summed E-state index contributed by atoms with van der Waals surface area (Å²) in [6.07, 6.45) is 6.45. The molecule has 2 nitrogen and oxygen atoms in total. The number of benzene rings is 1. The van der Waals surface area contributed by atoms with Crippen molar-refractivity contribution in [3.63, 3.8) is 0 Å². The van der Waals surface area contributed by atoms with E-state index in [4.69, 9.17) is 22.9 Å². The zero-order valence-corrected chi connectivity index (χ0v) is 7.58. The van der Waals surface area contributed by atoms with Crippen molar-refractivity contribution in [2.45, 2.75) is 0 Å². The van der Waals surface area contributed by atoms with E-state index >= 15 is 0 Å². The fourth-order valence-electron chi connectivity index (χ4n) is 0.692. The highest BCUT2D eigenvalue weighted by atomic mass is 35.5. The van der Waals surface area contributed by atoms with E-state index in [-0.39, 0.29) is 6.61 Å². The highest BCUT2D eigenvalue weighted by Crippen LogP contribution is 2.11. The summed E-state index contributed by atoms with van der Waals surface area (Å²) in [7, 11) is 0. The Morgan fingerprint density at radius 3 is 3.31 bits per heavy atom. The molecular weight excluding hydrogens is 186 g/mol. The molecule has 0 heterocycles. The Kier molecular flexibility index (Phi) is 3.87. The summed E-state index contributed by atoms with van der Waals surface area (Å²) in [5, 5.41) is 4.22. The van der Waals surface area contributed by atoms with Gasteiger partial charge in [0.2, 0.25) is 0 Å². The lowest BCUT2D eigenvalue weighted by Gasteiger charge is -1.94. The molecule has 0 spiro atoms. The number of nitrogens with zero attached hydrogens (tertiary/aromatic N) is 1. The fraction of sp³-hybridized carbons (Fsp3) is 0.100. The molecule has 0 bridgehead atoms. The van der Waals surface area contributed by atoms with Crippen molar-refractivity contribution >= 4 is 17.8 Å². The van der Waals surface area contributed by atoms with E-state index in [9.17, 15) is 0 Å². The quantitative estimate of drug-likeness (QED) is 0.311. The van der Waals surface area contributed by atoms with Crippen LogP contribution in [-0.2, 0) is 4.84 Å². The van der Waals surface area contributed by atoms with Crippen molar-refractivity contribution in [1.29, 1.82) is 0 Å². The number of hydrogen-bond acceptors (Lipinski definition) is 2. The van der Waals surface area contributed by atoms with Crippen LogP contribution in [0.15, 0.2) is 23.4 Å². The number of rotatable bonds is 3. The lowest BCUT2D eigenvalue weighted by molar-refractivity contribution is 0.181. The van der Waals surface area contributed by atoms with Crippen LogP contribution >= 0.6 is 11.6 Å². The Labute approximate surface area is 82.2 Å². The minimum atomic E-state index is 0.157. The summed E-state index contributed by atoms with van der Waals surface area (Å²) in [6.45, 7) is 0.157. The molecule has 0 fully saturated rings. The first-order chi connectivity index (χ1) is 6.34. The lowest BCUT2D eigenvalue weighted by atomic mass is 10.2. The number of hydrogen-bond donors (Lipinski definition) is 0. The molecular formula is C10H7ClNO.